The molecule has 4 aromatic rings. The summed E-state index contributed by atoms with van der Waals surface area (Å²) < 4.78 is 1.35. The Bertz CT molecular complexity index is 1230. The van der Waals surface area contributed by atoms with Gasteiger partial charge in [0.05, 0.1) is 17.1 Å². The number of fused-ring (bicyclic) bond motifs is 1. The number of hydrogen-bond donors (Lipinski definition) is 0. The lowest BCUT2D eigenvalue weighted by atomic mass is 10.1. The van der Waals surface area contributed by atoms with Gasteiger partial charge in [-0.3, -0.25) is 4.79 Å². The molecule has 1 heterocycles. The molecule has 4 rings (SSSR count). The molecule has 5 heteroatoms. The summed E-state index contributed by atoms with van der Waals surface area (Å²) in [6.45, 7) is 5.72. The minimum absolute atomic E-state index is 0.161. The molecule has 0 fully saturated rings. The van der Waals surface area contributed by atoms with Gasteiger partial charge in [-0.25, -0.2) is 4.98 Å². The number of rotatable bonds is 6. The van der Waals surface area contributed by atoms with Crippen molar-refractivity contribution < 1.29 is 0 Å². The zero-order valence-corrected chi connectivity index (χ0v) is 17.2. The summed E-state index contributed by atoms with van der Waals surface area (Å²) >= 11 is 0. The molecule has 0 aliphatic carbocycles. The molecule has 0 aliphatic heterocycles. The fourth-order valence-corrected chi connectivity index (χ4v) is 3.46. The van der Waals surface area contributed by atoms with Gasteiger partial charge in [0.2, 0.25) is 0 Å². The third-order valence-corrected chi connectivity index (χ3v) is 5.09. The average molecular weight is 396 g/mol. The van der Waals surface area contributed by atoms with E-state index in [1.807, 2.05) is 36.4 Å². The predicted octanol–water partition coefficient (Wildman–Crippen LogP) is 4.61. The van der Waals surface area contributed by atoms with E-state index >= 15 is 0 Å². The topological polar surface area (TPSA) is 50.5 Å². The molecule has 0 saturated heterocycles. The first-order valence-corrected chi connectivity index (χ1v) is 10.1. The number of para-hydroxylation sites is 1. The Morgan fingerprint density at radius 1 is 0.967 bits per heavy atom. The number of hydrogen-bond acceptors (Lipinski definition) is 4. The lowest BCUT2D eigenvalue weighted by molar-refractivity contribution is 0.771. The smallest absolute Gasteiger partial charge is 0.282 e. The van der Waals surface area contributed by atoms with Crippen molar-refractivity contribution in [2.24, 2.45) is 5.10 Å². The standard InChI is InChI=1S/C25H24N4O/c1-3-28(18-21-9-5-4-6-10-21)22-15-13-20(14-16-22)17-26-29-19(2)27-24-12-8-7-11-23(24)25(29)30/h4-17H,3,18H2,1-2H3/b26-17+. The van der Waals surface area contributed by atoms with Gasteiger partial charge in [0.25, 0.3) is 5.56 Å². The summed E-state index contributed by atoms with van der Waals surface area (Å²) in [5.41, 5.74) is 3.89. The summed E-state index contributed by atoms with van der Waals surface area (Å²) in [6, 6.07) is 26.0. The van der Waals surface area contributed by atoms with Crippen LogP contribution in [0.1, 0.15) is 23.9 Å². The van der Waals surface area contributed by atoms with Gasteiger partial charge in [-0.05, 0) is 49.2 Å². The van der Waals surface area contributed by atoms with Crippen molar-refractivity contribution in [2.45, 2.75) is 20.4 Å². The summed E-state index contributed by atoms with van der Waals surface area (Å²) in [5.74, 6) is 0.562. The fourth-order valence-electron chi connectivity index (χ4n) is 3.46. The van der Waals surface area contributed by atoms with Crippen LogP contribution in [0.2, 0.25) is 0 Å². The highest BCUT2D eigenvalue weighted by atomic mass is 16.1. The summed E-state index contributed by atoms with van der Waals surface area (Å²) in [4.78, 5) is 19.5. The van der Waals surface area contributed by atoms with E-state index in [-0.39, 0.29) is 5.56 Å². The number of nitrogens with zero attached hydrogens (tertiary/aromatic N) is 4. The molecule has 0 bridgehead atoms. The maximum absolute atomic E-state index is 12.7. The van der Waals surface area contributed by atoms with E-state index in [0.717, 1.165) is 24.3 Å². The molecular weight excluding hydrogens is 372 g/mol. The maximum atomic E-state index is 12.7. The molecule has 0 aliphatic rings. The average Bonchev–Trinajstić information content (AvgIpc) is 2.78. The molecular formula is C25H24N4O. The molecule has 3 aromatic carbocycles. The van der Waals surface area contributed by atoms with Crippen molar-refractivity contribution in [3.05, 3.63) is 106 Å². The molecule has 0 unspecified atom stereocenters. The van der Waals surface area contributed by atoms with Gasteiger partial charge in [0.1, 0.15) is 5.82 Å². The molecule has 1 aromatic heterocycles. The zero-order chi connectivity index (χ0) is 20.9. The number of anilines is 1. The third-order valence-electron chi connectivity index (χ3n) is 5.09. The van der Waals surface area contributed by atoms with E-state index in [4.69, 9.17) is 0 Å². The highest BCUT2D eigenvalue weighted by Gasteiger charge is 2.07. The first-order chi connectivity index (χ1) is 14.7. The van der Waals surface area contributed by atoms with Crippen molar-refractivity contribution in [2.75, 3.05) is 11.4 Å². The van der Waals surface area contributed by atoms with Crippen LogP contribution in [0.3, 0.4) is 0 Å². The van der Waals surface area contributed by atoms with Crippen LogP contribution in [-0.4, -0.2) is 22.4 Å². The van der Waals surface area contributed by atoms with Crippen LogP contribution in [0.25, 0.3) is 10.9 Å². The van der Waals surface area contributed by atoms with E-state index in [2.05, 4.69) is 58.3 Å². The van der Waals surface area contributed by atoms with E-state index in [0.29, 0.717) is 16.7 Å². The van der Waals surface area contributed by atoms with Crippen LogP contribution in [0.4, 0.5) is 5.69 Å². The Labute approximate surface area is 175 Å². The molecule has 30 heavy (non-hydrogen) atoms. The van der Waals surface area contributed by atoms with Crippen LogP contribution in [-0.2, 0) is 6.54 Å². The Morgan fingerprint density at radius 3 is 2.40 bits per heavy atom. The molecule has 0 N–H and O–H groups in total. The van der Waals surface area contributed by atoms with Gasteiger partial charge in [0.15, 0.2) is 0 Å². The summed E-state index contributed by atoms with van der Waals surface area (Å²) in [7, 11) is 0. The predicted molar refractivity (Wildman–Crippen MR) is 123 cm³/mol. The van der Waals surface area contributed by atoms with Crippen LogP contribution < -0.4 is 10.5 Å². The Hall–Kier alpha value is -3.73. The van der Waals surface area contributed by atoms with Gasteiger partial charge in [-0.2, -0.15) is 9.78 Å². The van der Waals surface area contributed by atoms with Crippen LogP contribution in [0, 0.1) is 6.92 Å². The molecule has 0 atom stereocenters. The Balaban J connectivity index is 1.56. The third kappa shape index (κ3) is 4.15. The van der Waals surface area contributed by atoms with Crippen molar-refractivity contribution in [1.82, 2.24) is 9.66 Å². The normalized spacial score (nSPS) is 11.3. The highest BCUT2D eigenvalue weighted by molar-refractivity contribution is 5.81. The minimum Gasteiger partial charge on any atom is -0.367 e. The second kappa shape index (κ2) is 8.74. The SMILES string of the molecule is CCN(Cc1ccccc1)c1ccc(/C=N/n2c(C)nc3ccccc3c2=O)cc1. The second-order valence-electron chi connectivity index (χ2n) is 7.13. The molecule has 0 spiro atoms. The van der Waals surface area contributed by atoms with Crippen LogP contribution >= 0.6 is 0 Å². The molecule has 0 saturated carbocycles. The van der Waals surface area contributed by atoms with Gasteiger partial charge in [0, 0.05) is 18.8 Å². The lowest BCUT2D eigenvalue weighted by Crippen LogP contribution is -2.22. The highest BCUT2D eigenvalue weighted by Crippen LogP contribution is 2.17. The number of aryl methyl sites for hydroxylation is 1. The Morgan fingerprint density at radius 2 is 1.67 bits per heavy atom. The quantitative estimate of drug-likeness (QED) is 0.447. The lowest BCUT2D eigenvalue weighted by Gasteiger charge is -2.23. The molecule has 5 nitrogen and oxygen atoms in total. The van der Waals surface area contributed by atoms with Gasteiger partial charge >= 0.3 is 0 Å². The summed E-state index contributed by atoms with van der Waals surface area (Å²) in [5, 5.41) is 4.96. The molecule has 0 radical (unpaired) electrons. The minimum atomic E-state index is -0.161. The first kappa shape index (κ1) is 19.6. The fraction of sp³-hybridized carbons (Fsp3) is 0.160. The van der Waals surface area contributed by atoms with Crippen molar-refractivity contribution in [1.29, 1.82) is 0 Å². The maximum Gasteiger partial charge on any atom is 0.282 e. The van der Waals surface area contributed by atoms with Crippen molar-refractivity contribution >= 4 is 22.8 Å². The zero-order valence-electron chi connectivity index (χ0n) is 17.2. The van der Waals surface area contributed by atoms with E-state index in [1.165, 1.54) is 10.2 Å². The molecule has 0 amide bonds. The molecule has 150 valence electrons. The van der Waals surface area contributed by atoms with Crippen molar-refractivity contribution in [3.8, 4) is 0 Å². The van der Waals surface area contributed by atoms with Gasteiger partial charge in [-0.1, -0.05) is 54.6 Å². The second-order valence-corrected chi connectivity index (χ2v) is 7.13. The number of benzene rings is 3. The Kier molecular flexibility index (Phi) is 5.70. The largest absolute Gasteiger partial charge is 0.367 e. The van der Waals surface area contributed by atoms with Crippen LogP contribution in [0.15, 0.2) is 88.8 Å². The van der Waals surface area contributed by atoms with E-state index in [9.17, 15) is 4.79 Å². The van der Waals surface area contributed by atoms with E-state index in [1.54, 1.807) is 19.2 Å². The number of aromatic nitrogens is 2. The van der Waals surface area contributed by atoms with Gasteiger partial charge < -0.3 is 4.90 Å². The van der Waals surface area contributed by atoms with Crippen molar-refractivity contribution in [3.63, 3.8) is 0 Å². The van der Waals surface area contributed by atoms with E-state index < -0.39 is 0 Å². The van der Waals surface area contributed by atoms with Gasteiger partial charge in [-0.15, -0.1) is 0 Å². The first-order valence-electron chi connectivity index (χ1n) is 10.1. The summed E-state index contributed by atoms with van der Waals surface area (Å²) in [6.07, 6.45) is 1.70. The monoisotopic (exact) mass is 396 g/mol. The van der Waals surface area contributed by atoms with Crippen LogP contribution in [0.5, 0.6) is 0 Å².